The van der Waals surface area contributed by atoms with Crippen LogP contribution in [0.1, 0.15) is 12.0 Å². The lowest BCUT2D eigenvalue weighted by Gasteiger charge is -2.22. The fraction of sp³-hybridized carbons (Fsp3) is 0.294. The predicted octanol–water partition coefficient (Wildman–Crippen LogP) is 3.69. The molecule has 1 saturated heterocycles. The Morgan fingerprint density at radius 1 is 1.14 bits per heavy atom. The molecular formula is C17H18F2N2O. The Balaban J connectivity index is 1.79. The highest BCUT2D eigenvalue weighted by atomic mass is 19.3. The summed E-state index contributed by atoms with van der Waals surface area (Å²) in [5.41, 5.74) is 8.04. The number of anilines is 2. The number of halogens is 2. The van der Waals surface area contributed by atoms with Crippen molar-refractivity contribution in [3.63, 3.8) is 0 Å². The van der Waals surface area contributed by atoms with Crippen LogP contribution in [0.4, 0.5) is 20.2 Å². The number of rotatable bonds is 4. The minimum Gasteiger partial charge on any atom is -0.487 e. The Morgan fingerprint density at radius 3 is 2.59 bits per heavy atom. The van der Waals surface area contributed by atoms with Crippen LogP contribution in [0.15, 0.2) is 48.5 Å². The topological polar surface area (TPSA) is 38.5 Å². The van der Waals surface area contributed by atoms with Gasteiger partial charge >= 0.3 is 0 Å². The van der Waals surface area contributed by atoms with E-state index in [1.54, 1.807) is 23.1 Å². The molecule has 0 saturated carbocycles. The molecule has 0 amide bonds. The summed E-state index contributed by atoms with van der Waals surface area (Å²) in [6, 6.07) is 14.8. The Kier molecular flexibility index (Phi) is 3.88. The summed E-state index contributed by atoms with van der Waals surface area (Å²) in [7, 11) is 0. The van der Waals surface area contributed by atoms with E-state index in [4.69, 9.17) is 10.5 Å². The number of benzene rings is 2. The molecule has 1 aliphatic heterocycles. The first-order chi connectivity index (χ1) is 10.5. The lowest BCUT2D eigenvalue weighted by molar-refractivity contribution is 0.0257. The molecule has 2 N–H and O–H groups in total. The number of alkyl halides is 2. The normalized spacial score (nSPS) is 16.7. The number of nitrogens with two attached hydrogens (primary N) is 1. The van der Waals surface area contributed by atoms with Crippen molar-refractivity contribution >= 4 is 11.4 Å². The van der Waals surface area contributed by atoms with Crippen LogP contribution in [0.25, 0.3) is 0 Å². The summed E-state index contributed by atoms with van der Waals surface area (Å²) in [5.74, 6) is -2.10. The van der Waals surface area contributed by atoms with Gasteiger partial charge in [0, 0.05) is 24.7 Å². The van der Waals surface area contributed by atoms with Crippen molar-refractivity contribution in [1.29, 1.82) is 0 Å². The largest absolute Gasteiger partial charge is 0.487 e. The van der Waals surface area contributed by atoms with Gasteiger partial charge in [-0.2, -0.15) is 0 Å². The van der Waals surface area contributed by atoms with Crippen molar-refractivity contribution in [2.24, 2.45) is 0 Å². The molecular weight excluding hydrogens is 286 g/mol. The van der Waals surface area contributed by atoms with E-state index in [0.29, 0.717) is 30.3 Å². The van der Waals surface area contributed by atoms with Crippen molar-refractivity contribution in [3.8, 4) is 5.75 Å². The van der Waals surface area contributed by atoms with E-state index in [0.717, 1.165) is 5.56 Å². The fourth-order valence-electron chi connectivity index (χ4n) is 2.58. The average molecular weight is 304 g/mol. The third-order valence-electron chi connectivity index (χ3n) is 3.73. The highest BCUT2D eigenvalue weighted by Gasteiger charge is 2.39. The standard InChI is InChI=1S/C17H18F2N2O/c18-17(19)8-9-21(12-17)15-7-6-14(20)10-16(15)22-11-13-4-2-1-3-5-13/h1-7,10H,8-9,11-12,20H2. The van der Waals surface area contributed by atoms with Crippen LogP contribution in [0.2, 0.25) is 0 Å². The molecule has 1 aliphatic rings. The first-order valence-electron chi connectivity index (χ1n) is 7.22. The first kappa shape index (κ1) is 14.6. The van der Waals surface area contributed by atoms with Crippen LogP contribution in [-0.4, -0.2) is 19.0 Å². The van der Waals surface area contributed by atoms with Gasteiger partial charge in [0.1, 0.15) is 12.4 Å². The van der Waals surface area contributed by atoms with Gasteiger partial charge in [0.05, 0.1) is 12.2 Å². The molecule has 5 heteroatoms. The molecule has 0 radical (unpaired) electrons. The molecule has 0 aromatic heterocycles. The van der Waals surface area contributed by atoms with E-state index in [1.165, 1.54) is 0 Å². The first-order valence-corrected chi connectivity index (χ1v) is 7.22. The maximum absolute atomic E-state index is 13.4. The summed E-state index contributed by atoms with van der Waals surface area (Å²) in [6.45, 7) is 0.415. The van der Waals surface area contributed by atoms with Gasteiger partial charge in [-0.3, -0.25) is 0 Å². The summed E-state index contributed by atoms with van der Waals surface area (Å²) < 4.78 is 32.7. The van der Waals surface area contributed by atoms with Crippen molar-refractivity contribution in [2.45, 2.75) is 19.0 Å². The van der Waals surface area contributed by atoms with E-state index in [9.17, 15) is 8.78 Å². The van der Waals surface area contributed by atoms with Gasteiger partial charge in [-0.05, 0) is 17.7 Å². The van der Waals surface area contributed by atoms with Gasteiger partial charge in [0.15, 0.2) is 0 Å². The summed E-state index contributed by atoms with van der Waals surface area (Å²) in [4.78, 5) is 1.65. The minimum absolute atomic E-state index is 0.129. The maximum Gasteiger partial charge on any atom is 0.266 e. The van der Waals surface area contributed by atoms with Crippen LogP contribution in [0, 0.1) is 0 Å². The molecule has 1 fully saturated rings. The molecule has 3 rings (SSSR count). The maximum atomic E-state index is 13.4. The fourth-order valence-corrected chi connectivity index (χ4v) is 2.58. The van der Waals surface area contributed by atoms with Gasteiger partial charge in [0.25, 0.3) is 5.92 Å². The van der Waals surface area contributed by atoms with Crippen molar-refractivity contribution in [1.82, 2.24) is 0 Å². The summed E-state index contributed by atoms with van der Waals surface area (Å²) >= 11 is 0. The van der Waals surface area contributed by atoms with E-state index in [1.807, 2.05) is 30.3 Å². The minimum atomic E-state index is -2.64. The summed E-state index contributed by atoms with van der Waals surface area (Å²) in [6.07, 6.45) is -0.129. The Morgan fingerprint density at radius 2 is 1.91 bits per heavy atom. The average Bonchev–Trinajstić information content (AvgIpc) is 2.86. The van der Waals surface area contributed by atoms with Gasteiger partial charge in [0.2, 0.25) is 0 Å². The highest BCUT2D eigenvalue weighted by Crippen LogP contribution is 2.37. The molecule has 0 bridgehead atoms. The van der Waals surface area contributed by atoms with E-state index in [2.05, 4.69) is 0 Å². The second-order valence-corrected chi connectivity index (χ2v) is 5.53. The quantitative estimate of drug-likeness (QED) is 0.875. The molecule has 2 aromatic carbocycles. The highest BCUT2D eigenvalue weighted by molar-refractivity contribution is 5.64. The predicted molar refractivity (Wildman–Crippen MR) is 83.4 cm³/mol. The van der Waals surface area contributed by atoms with Crippen molar-refractivity contribution in [3.05, 3.63) is 54.1 Å². The second-order valence-electron chi connectivity index (χ2n) is 5.53. The zero-order valence-electron chi connectivity index (χ0n) is 12.1. The second kappa shape index (κ2) is 5.83. The molecule has 0 unspecified atom stereocenters. The zero-order chi connectivity index (χ0) is 15.6. The lowest BCUT2D eigenvalue weighted by Crippen LogP contribution is -2.25. The van der Waals surface area contributed by atoms with Crippen molar-refractivity contribution < 1.29 is 13.5 Å². The third-order valence-corrected chi connectivity index (χ3v) is 3.73. The number of nitrogens with zero attached hydrogens (tertiary/aromatic N) is 1. The lowest BCUT2D eigenvalue weighted by atomic mass is 10.2. The monoisotopic (exact) mass is 304 g/mol. The number of ether oxygens (including phenoxy) is 1. The molecule has 3 nitrogen and oxygen atoms in total. The number of nitrogen functional groups attached to an aromatic ring is 1. The van der Waals surface area contributed by atoms with Crippen LogP contribution in [0.3, 0.4) is 0 Å². The van der Waals surface area contributed by atoms with E-state index in [-0.39, 0.29) is 13.0 Å². The SMILES string of the molecule is Nc1ccc(N2CCC(F)(F)C2)c(OCc2ccccc2)c1. The van der Waals surface area contributed by atoms with Gasteiger partial charge in [-0.15, -0.1) is 0 Å². The molecule has 0 spiro atoms. The van der Waals surface area contributed by atoms with Crippen LogP contribution >= 0.6 is 0 Å². The summed E-state index contributed by atoms with van der Waals surface area (Å²) in [5, 5.41) is 0. The van der Waals surface area contributed by atoms with Gasteiger partial charge < -0.3 is 15.4 Å². The molecule has 1 heterocycles. The number of hydrogen-bond acceptors (Lipinski definition) is 3. The van der Waals surface area contributed by atoms with E-state index < -0.39 is 5.92 Å². The molecule has 2 aromatic rings. The van der Waals surface area contributed by atoms with Crippen LogP contribution in [-0.2, 0) is 6.61 Å². The third kappa shape index (κ3) is 3.30. The van der Waals surface area contributed by atoms with Crippen LogP contribution in [0.5, 0.6) is 5.75 Å². The van der Waals surface area contributed by atoms with Crippen LogP contribution < -0.4 is 15.4 Å². The molecule has 116 valence electrons. The number of hydrogen-bond donors (Lipinski definition) is 1. The van der Waals surface area contributed by atoms with Gasteiger partial charge in [-0.1, -0.05) is 30.3 Å². The molecule has 22 heavy (non-hydrogen) atoms. The Labute approximate surface area is 128 Å². The van der Waals surface area contributed by atoms with Crippen molar-refractivity contribution in [2.75, 3.05) is 23.7 Å². The zero-order valence-corrected chi connectivity index (χ0v) is 12.1. The van der Waals surface area contributed by atoms with Gasteiger partial charge in [-0.25, -0.2) is 8.78 Å². The Hall–Kier alpha value is -2.30. The van der Waals surface area contributed by atoms with E-state index >= 15 is 0 Å². The molecule has 0 aliphatic carbocycles. The Bertz CT molecular complexity index is 646. The smallest absolute Gasteiger partial charge is 0.266 e. The molecule has 0 atom stereocenters.